The fourth-order valence-electron chi connectivity index (χ4n) is 0.496. The second kappa shape index (κ2) is 11.2. The van der Waals surface area contributed by atoms with Gasteiger partial charge in [-0.25, -0.2) is 5.10 Å². The molecule has 0 fully saturated rings. The molecule has 13 heavy (non-hydrogen) atoms. The summed E-state index contributed by atoms with van der Waals surface area (Å²) in [5, 5.41) is 6.34. The van der Waals surface area contributed by atoms with E-state index in [-0.39, 0.29) is 33.8 Å². The zero-order valence-electron chi connectivity index (χ0n) is 6.97. The maximum atomic E-state index is 4.80. The van der Waals surface area contributed by atoms with Gasteiger partial charge in [0.05, 0.1) is 20.3 Å². The van der Waals surface area contributed by atoms with Crippen LogP contribution in [0.4, 0.5) is 0 Å². The van der Waals surface area contributed by atoms with Gasteiger partial charge in [0.1, 0.15) is 0 Å². The number of nitrogens with one attached hydrogen (secondary N) is 1. The van der Waals surface area contributed by atoms with E-state index in [0.29, 0.717) is 11.8 Å². The van der Waals surface area contributed by atoms with Gasteiger partial charge in [-0.15, -0.1) is 5.10 Å². The molecule has 0 aliphatic carbocycles. The van der Waals surface area contributed by atoms with Crippen LogP contribution in [-0.4, -0.2) is 24.4 Å². The first-order valence-electron chi connectivity index (χ1n) is 2.50. The fraction of sp³-hybridized carbons (Fsp3) is 0.400. The monoisotopic (exact) mass is 228 g/mol. The van der Waals surface area contributed by atoms with E-state index < -0.39 is 0 Å². The molecule has 0 bridgehead atoms. The minimum Gasteiger partial charge on any atom is -2.00 e. The van der Waals surface area contributed by atoms with Gasteiger partial charge in [0.2, 0.25) is 11.8 Å². The molecule has 0 spiro atoms. The third-order valence-corrected chi connectivity index (χ3v) is 0.960. The minimum atomic E-state index is 0. The molecule has 0 amide bonds. The van der Waals surface area contributed by atoms with Crippen molar-refractivity contribution in [3.05, 3.63) is 6.07 Å². The SMILES string of the molecule is COc1cc(OC)[nH]n1.[Cr+6].[O-2].[O-2].[O-2]. The Morgan fingerprint density at radius 2 is 1.69 bits per heavy atom. The Bertz CT molecular complexity index is 176. The predicted molar refractivity (Wildman–Crippen MR) is 33.8 cm³/mol. The summed E-state index contributed by atoms with van der Waals surface area (Å²) in [5.41, 5.74) is 0. The van der Waals surface area contributed by atoms with Crippen LogP contribution < -0.4 is 9.47 Å². The van der Waals surface area contributed by atoms with Gasteiger partial charge in [0, 0.05) is 0 Å². The summed E-state index contributed by atoms with van der Waals surface area (Å²) < 4.78 is 9.57. The van der Waals surface area contributed by atoms with Crippen LogP contribution in [0.25, 0.3) is 0 Å². The molecule has 1 rings (SSSR count). The molecule has 0 aliphatic rings. The number of methoxy groups -OCH3 is 2. The normalized spacial score (nSPS) is 6.31. The van der Waals surface area contributed by atoms with E-state index in [0.717, 1.165) is 0 Å². The van der Waals surface area contributed by atoms with Crippen molar-refractivity contribution in [2.45, 2.75) is 0 Å². The Morgan fingerprint density at radius 3 is 1.92 bits per heavy atom. The third kappa shape index (κ3) is 6.39. The Hall–Kier alpha value is -0.778. The van der Waals surface area contributed by atoms with Crippen molar-refractivity contribution in [1.82, 2.24) is 10.2 Å². The smallest absolute Gasteiger partial charge is 2.00 e. The third-order valence-electron chi connectivity index (χ3n) is 0.960. The predicted octanol–water partition coefficient (Wildman–Crippen LogP) is 0.0680. The maximum absolute atomic E-state index is 4.80. The van der Waals surface area contributed by atoms with Crippen LogP contribution in [0.2, 0.25) is 0 Å². The maximum Gasteiger partial charge on any atom is 6.00 e. The van der Waals surface area contributed by atoms with Crippen molar-refractivity contribution in [2.75, 3.05) is 14.2 Å². The van der Waals surface area contributed by atoms with Gasteiger partial charge in [-0.3, -0.25) is 0 Å². The molecule has 0 unspecified atom stereocenters. The van der Waals surface area contributed by atoms with Gasteiger partial charge < -0.3 is 25.9 Å². The molecule has 0 aliphatic heterocycles. The molecule has 1 aromatic heterocycles. The van der Waals surface area contributed by atoms with Gasteiger partial charge in [-0.05, 0) is 0 Å². The summed E-state index contributed by atoms with van der Waals surface area (Å²) in [6.45, 7) is 0. The Kier molecular flexibility index (Phi) is 19.7. The number of hydrogen-bond donors (Lipinski definition) is 1. The van der Waals surface area contributed by atoms with Crippen LogP contribution in [0.1, 0.15) is 0 Å². The number of aromatic amines is 1. The van der Waals surface area contributed by atoms with Crippen LogP contribution in [0.3, 0.4) is 0 Å². The summed E-state index contributed by atoms with van der Waals surface area (Å²) in [4.78, 5) is 0. The Labute approximate surface area is 86.1 Å². The second-order valence-corrected chi connectivity index (χ2v) is 1.48. The quantitative estimate of drug-likeness (QED) is 0.767. The molecule has 0 atom stereocenters. The number of hydrogen-bond acceptors (Lipinski definition) is 3. The molecule has 1 aromatic rings. The average molecular weight is 228 g/mol. The summed E-state index contributed by atoms with van der Waals surface area (Å²) in [5.74, 6) is 1.14. The number of H-pyrrole nitrogens is 1. The summed E-state index contributed by atoms with van der Waals surface area (Å²) >= 11 is 0. The number of aromatic nitrogens is 2. The van der Waals surface area contributed by atoms with Gasteiger partial charge in [-0.2, -0.15) is 0 Å². The summed E-state index contributed by atoms with van der Waals surface area (Å²) in [6, 6.07) is 1.67. The van der Waals surface area contributed by atoms with E-state index in [1.54, 1.807) is 20.3 Å². The van der Waals surface area contributed by atoms with E-state index in [2.05, 4.69) is 10.2 Å². The van der Waals surface area contributed by atoms with Crippen molar-refractivity contribution in [2.24, 2.45) is 0 Å². The average Bonchev–Trinajstić information content (AvgIpc) is 2.34. The van der Waals surface area contributed by atoms with Crippen LogP contribution in [0.15, 0.2) is 6.07 Å². The topological polar surface area (TPSA) is 133 Å². The number of nitrogens with zero attached hydrogens (tertiary/aromatic N) is 1. The van der Waals surface area contributed by atoms with E-state index in [9.17, 15) is 0 Å². The molecule has 8 heteroatoms. The van der Waals surface area contributed by atoms with Crippen LogP contribution >= 0.6 is 0 Å². The second-order valence-electron chi connectivity index (χ2n) is 1.48. The molecule has 0 saturated carbocycles. The van der Waals surface area contributed by atoms with Crippen LogP contribution in [0.5, 0.6) is 11.8 Å². The van der Waals surface area contributed by atoms with Crippen molar-refractivity contribution < 1.29 is 43.3 Å². The van der Waals surface area contributed by atoms with Crippen molar-refractivity contribution in [1.29, 1.82) is 0 Å². The van der Waals surface area contributed by atoms with Gasteiger partial charge in [-0.1, -0.05) is 0 Å². The molecule has 7 nitrogen and oxygen atoms in total. The van der Waals surface area contributed by atoms with Gasteiger partial charge in [0.15, 0.2) is 0 Å². The van der Waals surface area contributed by atoms with Crippen LogP contribution in [0, 0.1) is 0 Å². The zero-order chi connectivity index (χ0) is 6.69. The van der Waals surface area contributed by atoms with Crippen molar-refractivity contribution >= 4 is 0 Å². The first-order valence-corrected chi connectivity index (χ1v) is 2.50. The first-order chi connectivity index (χ1) is 4.36. The molecule has 0 radical (unpaired) electrons. The Balaban J connectivity index is -0.000000101. The number of rotatable bonds is 2. The summed E-state index contributed by atoms with van der Waals surface area (Å²) in [6.07, 6.45) is 0. The molecule has 0 aromatic carbocycles. The first kappa shape index (κ1) is 22.8. The molecule has 1 N–H and O–H groups in total. The van der Waals surface area contributed by atoms with E-state index in [4.69, 9.17) is 9.47 Å². The largest absolute Gasteiger partial charge is 6.00 e. The van der Waals surface area contributed by atoms with Crippen LogP contribution in [-0.2, 0) is 33.8 Å². The standard InChI is InChI=1S/C5H8N2O2.Cr.3O/c1-8-4-3-5(9-2)7-6-4;;;;/h3H,1-2H3,(H,6,7);;;;/q;+6;3*-2. The fourth-order valence-corrected chi connectivity index (χ4v) is 0.496. The van der Waals surface area contributed by atoms with Gasteiger partial charge >= 0.3 is 17.4 Å². The van der Waals surface area contributed by atoms with E-state index >= 15 is 0 Å². The van der Waals surface area contributed by atoms with E-state index in [1.807, 2.05) is 0 Å². The molecule has 74 valence electrons. The van der Waals surface area contributed by atoms with E-state index in [1.165, 1.54) is 0 Å². The van der Waals surface area contributed by atoms with Gasteiger partial charge in [0.25, 0.3) is 0 Å². The molecule has 1 heterocycles. The van der Waals surface area contributed by atoms with Crippen molar-refractivity contribution in [3.8, 4) is 11.8 Å². The van der Waals surface area contributed by atoms with Crippen molar-refractivity contribution in [3.63, 3.8) is 0 Å². The minimum absolute atomic E-state index is 0. The number of ether oxygens (including phenoxy) is 2. The molecule has 0 saturated heterocycles. The Morgan fingerprint density at radius 1 is 1.15 bits per heavy atom. The molecular formula is C5H8CrN2O5. The zero-order valence-corrected chi connectivity index (χ0v) is 8.25. The summed E-state index contributed by atoms with van der Waals surface area (Å²) in [7, 11) is 3.11. The molecular weight excluding hydrogens is 220 g/mol.